The molecule has 1 fully saturated rings. The van der Waals surface area contributed by atoms with Gasteiger partial charge in [-0.3, -0.25) is 0 Å². The standard InChI is InChI=1S/C35H37F3N6S/c1-4-42-15-11-26(12-16-42)24-7-9-25(10-8-24)27-18-28-23(3)44(20-29(28)30(19-27)35(36,37)38)33(22(2)41-34-39-13-17-45-34)32-31-6-5-14-43(31)21-40-32/h7-10,13,17-19,21,26,33H,2-6,11-12,14-16,20H2,1H3,(H,39,41). The van der Waals surface area contributed by atoms with Gasteiger partial charge in [0.05, 0.1) is 17.6 Å². The van der Waals surface area contributed by atoms with E-state index in [9.17, 15) is 13.2 Å². The molecule has 7 rings (SSSR count). The number of likely N-dealkylation sites (tertiary alicyclic amines) is 1. The van der Waals surface area contributed by atoms with Crippen LogP contribution in [0.2, 0.25) is 0 Å². The molecule has 1 N–H and O–H groups in total. The lowest BCUT2D eigenvalue weighted by Crippen LogP contribution is -2.32. The highest BCUT2D eigenvalue weighted by Crippen LogP contribution is 2.48. The van der Waals surface area contributed by atoms with Crippen LogP contribution in [0.1, 0.15) is 71.8 Å². The number of alkyl halides is 3. The Hall–Kier alpha value is -3.89. The molecule has 2 aromatic carbocycles. The van der Waals surface area contributed by atoms with Crippen LogP contribution in [0.5, 0.6) is 0 Å². The Balaban J connectivity index is 1.23. The number of nitrogens with zero attached hydrogens (tertiary/aromatic N) is 5. The zero-order valence-corrected chi connectivity index (χ0v) is 26.2. The van der Waals surface area contributed by atoms with E-state index in [0.717, 1.165) is 68.8 Å². The molecule has 3 aliphatic rings. The molecular formula is C35H37F3N6S. The Morgan fingerprint density at radius 2 is 1.87 bits per heavy atom. The van der Waals surface area contributed by atoms with Crippen LogP contribution in [-0.4, -0.2) is 44.0 Å². The van der Waals surface area contributed by atoms with E-state index in [-0.39, 0.29) is 12.1 Å². The molecule has 45 heavy (non-hydrogen) atoms. The minimum Gasteiger partial charge on any atom is -0.353 e. The molecule has 10 heteroatoms. The normalized spacial score (nSPS) is 17.9. The average Bonchev–Trinajstić information content (AvgIpc) is 3.84. The van der Waals surface area contributed by atoms with Crippen molar-refractivity contribution in [2.24, 2.45) is 0 Å². The lowest BCUT2D eigenvalue weighted by molar-refractivity contribution is -0.138. The van der Waals surface area contributed by atoms with Crippen LogP contribution in [-0.2, 0) is 25.7 Å². The van der Waals surface area contributed by atoms with Crippen molar-refractivity contribution in [3.8, 4) is 11.1 Å². The van der Waals surface area contributed by atoms with Crippen molar-refractivity contribution < 1.29 is 13.2 Å². The van der Waals surface area contributed by atoms with Gasteiger partial charge in [-0.2, -0.15) is 13.2 Å². The van der Waals surface area contributed by atoms with E-state index in [1.54, 1.807) is 6.20 Å². The number of nitrogens with one attached hydrogen (secondary N) is 1. The van der Waals surface area contributed by atoms with Gasteiger partial charge in [0.25, 0.3) is 0 Å². The van der Waals surface area contributed by atoms with Crippen LogP contribution < -0.4 is 5.32 Å². The van der Waals surface area contributed by atoms with Gasteiger partial charge >= 0.3 is 6.18 Å². The molecule has 0 aliphatic carbocycles. The Labute approximate surface area is 265 Å². The highest BCUT2D eigenvalue weighted by atomic mass is 32.1. The number of rotatable bonds is 8. The highest BCUT2D eigenvalue weighted by Gasteiger charge is 2.42. The van der Waals surface area contributed by atoms with Gasteiger partial charge in [-0.1, -0.05) is 44.3 Å². The third-order valence-electron chi connectivity index (χ3n) is 9.68. The van der Waals surface area contributed by atoms with Crippen molar-refractivity contribution in [3.63, 3.8) is 0 Å². The van der Waals surface area contributed by atoms with Crippen molar-refractivity contribution in [2.45, 2.75) is 63.8 Å². The van der Waals surface area contributed by atoms with Crippen molar-refractivity contribution >= 4 is 22.2 Å². The fraction of sp³-hybridized carbons (Fsp3) is 0.371. The number of piperidine rings is 1. The number of hydrogen-bond donors (Lipinski definition) is 1. The van der Waals surface area contributed by atoms with Crippen molar-refractivity contribution in [3.05, 3.63) is 107 Å². The highest BCUT2D eigenvalue weighted by molar-refractivity contribution is 7.13. The molecule has 1 saturated heterocycles. The Kier molecular flexibility index (Phi) is 7.81. The SMILES string of the molecule is C=C(Nc1nccs1)C(c1ncn2c1CCC2)N1Cc2c(cc(-c3ccc(C4CCN(CC)CC4)cc3)cc2C(F)(F)F)C1=C. The molecule has 0 radical (unpaired) electrons. The number of aromatic nitrogens is 3. The van der Waals surface area contributed by atoms with Crippen LogP contribution in [0.4, 0.5) is 18.3 Å². The predicted octanol–water partition coefficient (Wildman–Crippen LogP) is 8.32. The molecule has 3 aliphatic heterocycles. The summed E-state index contributed by atoms with van der Waals surface area (Å²) in [5.74, 6) is 0.480. The zero-order chi connectivity index (χ0) is 31.3. The molecule has 234 valence electrons. The summed E-state index contributed by atoms with van der Waals surface area (Å²) in [7, 11) is 0. The summed E-state index contributed by atoms with van der Waals surface area (Å²) < 4.78 is 46.3. The quantitative estimate of drug-likeness (QED) is 0.212. The number of benzene rings is 2. The van der Waals surface area contributed by atoms with E-state index in [0.29, 0.717) is 33.6 Å². The van der Waals surface area contributed by atoms with Crippen LogP contribution in [0.3, 0.4) is 0 Å². The van der Waals surface area contributed by atoms with Gasteiger partial charge in [0.1, 0.15) is 6.04 Å². The monoisotopic (exact) mass is 630 g/mol. The first kappa shape index (κ1) is 29.8. The summed E-state index contributed by atoms with van der Waals surface area (Å²) in [4.78, 5) is 13.5. The van der Waals surface area contributed by atoms with Gasteiger partial charge in [-0.15, -0.1) is 11.3 Å². The molecule has 5 heterocycles. The molecular weight excluding hydrogens is 593 g/mol. The average molecular weight is 631 g/mol. The topological polar surface area (TPSA) is 49.2 Å². The van der Waals surface area contributed by atoms with Crippen LogP contribution >= 0.6 is 11.3 Å². The summed E-state index contributed by atoms with van der Waals surface area (Å²) in [6, 6.07) is 10.8. The van der Waals surface area contributed by atoms with Crippen molar-refractivity contribution in [1.82, 2.24) is 24.3 Å². The summed E-state index contributed by atoms with van der Waals surface area (Å²) >= 11 is 1.44. The van der Waals surface area contributed by atoms with Crippen LogP contribution in [0, 0.1) is 0 Å². The third-order valence-corrected chi connectivity index (χ3v) is 10.4. The molecule has 0 spiro atoms. The Bertz CT molecular complexity index is 1720. The van der Waals surface area contributed by atoms with Gasteiger partial charge < -0.3 is 19.7 Å². The predicted molar refractivity (Wildman–Crippen MR) is 174 cm³/mol. The molecule has 1 unspecified atom stereocenters. The second-order valence-corrected chi connectivity index (χ2v) is 13.1. The second kappa shape index (κ2) is 11.8. The van der Waals surface area contributed by atoms with Gasteiger partial charge in [-0.05, 0) is 85.6 Å². The van der Waals surface area contributed by atoms with E-state index in [1.807, 2.05) is 34.8 Å². The van der Waals surface area contributed by atoms with E-state index >= 15 is 0 Å². The number of halogens is 3. The van der Waals surface area contributed by atoms with E-state index in [4.69, 9.17) is 4.98 Å². The smallest absolute Gasteiger partial charge is 0.353 e. The fourth-order valence-electron chi connectivity index (χ4n) is 7.24. The number of thiazole rings is 1. The third kappa shape index (κ3) is 5.59. The van der Waals surface area contributed by atoms with Gasteiger partial charge in [0.15, 0.2) is 5.13 Å². The molecule has 6 nitrogen and oxygen atoms in total. The maximum atomic E-state index is 14.7. The van der Waals surface area contributed by atoms with E-state index in [1.165, 1.54) is 23.0 Å². The fourth-order valence-corrected chi connectivity index (χ4v) is 7.80. The second-order valence-electron chi connectivity index (χ2n) is 12.2. The summed E-state index contributed by atoms with van der Waals surface area (Å²) in [6.07, 6.45) is 3.06. The number of hydrogen-bond acceptors (Lipinski definition) is 6. The molecule has 0 saturated carbocycles. The zero-order valence-electron chi connectivity index (χ0n) is 25.4. The minimum absolute atomic E-state index is 0.0498. The lowest BCUT2D eigenvalue weighted by atomic mass is 9.88. The lowest BCUT2D eigenvalue weighted by Gasteiger charge is -2.32. The van der Waals surface area contributed by atoms with Crippen molar-refractivity contribution in [1.29, 1.82) is 0 Å². The molecule has 2 aromatic heterocycles. The van der Waals surface area contributed by atoms with Crippen LogP contribution in [0.25, 0.3) is 16.8 Å². The van der Waals surface area contributed by atoms with Gasteiger partial charge in [-0.25, -0.2) is 9.97 Å². The van der Waals surface area contributed by atoms with Gasteiger partial charge in [0.2, 0.25) is 0 Å². The number of fused-ring (bicyclic) bond motifs is 2. The van der Waals surface area contributed by atoms with Gasteiger partial charge in [0, 0.05) is 47.3 Å². The van der Waals surface area contributed by atoms with Crippen molar-refractivity contribution in [2.75, 3.05) is 25.0 Å². The first-order valence-electron chi connectivity index (χ1n) is 15.6. The molecule has 4 aromatic rings. The Morgan fingerprint density at radius 1 is 1.09 bits per heavy atom. The maximum absolute atomic E-state index is 14.7. The first-order valence-corrected chi connectivity index (χ1v) is 16.5. The molecule has 0 amide bonds. The molecule has 1 atom stereocenters. The summed E-state index contributed by atoms with van der Waals surface area (Å²) in [5.41, 5.74) is 5.69. The first-order chi connectivity index (χ1) is 21.7. The summed E-state index contributed by atoms with van der Waals surface area (Å²) in [6.45, 7) is 15.0. The molecule has 0 bridgehead atoms. The van der Waals surface area contributed by atoms with E-state index < -0.39 is 17.8 Å². The largest absolute Gasteiger partial charge is 0.416 e. The number of imidazole rings is 1. The summed E-state index contributed by atoms with van der Waals surface area (Å²) in [5, 5.41) is 5.83. The minimum atomic E-state index is -4.52. The Morgan fingerprint density at radius 3 is 2.56 bits per heavy atom. The van der Waals surface area contributed by atoms with Crippen LogP contribution in [0.15, 0.2) is 73.2 Å². The number of anilines is 1. The maximum Gasteiger partial charge on any atom is 0.416 e. The van der Waals surface area contributed by atoms with E-state index in [2.05, 4.69) is 52.0 Å². The number of aryl methyl sites for hydroxylation is 1.